The number of likely N-dealkylation sites (tertiary alicyclic amines) is 1. The highest BCUT2D eigenvalue weighted by atomic mass is 16.2. The van der Waals surface area contributed by atoms with Crippen LogP contribution < -0.4 is 5.73 Å². The predicted octanol–water partition coefficient (Wildman–Crippen LogP) is 1.13. The summed E-state index contributed by atoms with van der Waals surface area (Å²) in [4.78, 5) is 13.7. The standard InChI is InChI=1S/C11H20N2O/c12-10(9-5-2-1-3-6-9)11(14)13-7-4-8-13/h9-10H,1-8,12H2/t10-/m0/s1. The van der Waals surface area contributed by atoms with E-state index in [2.05, 4.69) is 0 Å². The molecule has 2 N–H and O–H groups in total. The monoisotopic (exact) mass is 196 g/mol. The van der Waals surface area contributed by atoms with Crippen LogP contribution in [0, 0.1) is 5.92 Å². The molecule has 2 rings (SSSR count). The molecule has 0 radical (unpaired) electrons. The van der Waals surface area contributed by atoms with Gasteiger partial charge >= 0.3 is 0 Å². The van der Waals surface area contributed by atoms with Gasteiger partial charge in [0.25, 0.3) is 0 Å². The molecule has 1 saturated carbocycles. The van der Waals surface area contributed by atoms with E-state index in [1.165, 1.54) is 19.3 Å². The molecule has 0 aromatic carbocycles. The van der Waals surface area contributed by atoms with Crippen LogP contribution in [0.1, 0.15) is 38.5 Å². The molecule has 0 bridgehead atoms. The summed E-state index contributed by atoms with van der Waals surface area (Å²) in [6, 6.07) is -0.212. The van der Waals surface area contributed by atoms with E-state index in [-0.39, 0.29) is 11.9 Å². The van der Waals surface area contributed by atoms with E-state index in [1.54, 1.807) is 0 Å². The number of hydrogen-bond acceptors (Lipinski definition) is 2. The lowest BCUT2D eigenvalue weighted by atomic mass is 9.83. The molecule has 0 aromatic rings. The molecule has 14 heavy (non-hydrogen) atoms. The third-order valence-corrected chi connectivity index (χ3v) is 3.61. The molecule has 0 spiro atoms. The van der Waals surface area contributed by atoms with Crippen molar-refractivity contribution in [2.45, 2.75) is 44.6 Å². The summed E-state index contributed by atoms with van der Waals surface area (Å²) in [7, 11) is 0. The van der Waals surface area contributed by atoms with Crippen LogP contribution in [0.4, 0.5) is 0 Å². The van der Waals surface area contributed by atoms with Crippen molar-refractivity contribution < 1.29 is 4.79 Å². The van der Waals surface area contributed by atoms with Gasteiger partial charge in [-0.15, -0.1) is 0 Å². The molecular formula is C11H20N2O. The van der Waals surface area contributed by atoms with Gasteiger partial charge in [-0.05, 0) is 25.2 Å². The average Bonchev–Trinajstić information content (AvgIpc) is 2.15. The molecule has 2 aliphatic rings. The number of nitrogens with zero attached hydrogens (tertiary/aromatic N) is 1. The second-order valence-electron chi connectivity index (χ2n) is 4.60. The van der Waals surface area contributed by atoms with Crippen LogP contribution in [0.25, 0.3) is 0 Å². The maximum absolute atomic E-state index is 11.8. The smallest absolute Gasteiger partial charge is 0.239 e. The maximum Gasteiger partial charge on any atom is 0.239 e. The predicted molar refractivity (Wildman–Crippen MR) is 55.7 cm³/mol. The van der Waals surface area contributed by atoms with Crippen LogP contribution in [0.3, 0.4) is 0 Å². The topological polar surface area (TPSA) is 46.3 Å². The lowest BCUT2D eigenvalue weighted by molar-refractivity contribution is -0.137. The summed E-state index contributed by atoms with van der Waals surface area (Å²) in [6.45, 7) is 1.86. The Balaban J connectivity index is 1.85. The summed E-state index contributed by atoms with van der Waals surface area (Å²) < 4.78 is 0. The summed E-state index contributed by atoms with van der Waals surface area (Å²) in [5.41, 5.74) is 6.01. The number of carbonyl (C=O) groups excluding carboxylic acids is 1. The minimum Gasteiger partial charge on any atom is -0.341 e. The first-order chi connectivity index (χ1) is 6.79. The summed E-state index contributed by atoms with van der Waals surface area (Å²) in [5.74, 6) is 0.653. The number of rotatable bonds is 2. The Kier molecular flexibility index (Phi) is 3.06. The van der Waals surface area contributed by atoms with Crippen molar-refractivity contribution in [1.29, 1.82) is 0 Å². The first-order valence-electron chi connectivity index (χ1n) is 5.83. The van der Waals surface area contributed by atoms with Crippen LogP contribution in [-0.4, -0.2) is 29.9 Å². The summed E-state index contributed by atoms with van der Waals surface area (Å²) in [6.07, 6.45) is 7.29. The van der Waals surface area contributed by atoms with Gasteiger partial charge < -0.3 is 10.6 Å². The Hall–Kier alpha value is -0.570. The molecule has 1 aliphatic carbocycles. The van der Waals surface area contributed by atoms with Gasteiger partial charge in [-0.25, -0.2) is 0 Å². The minimum absolute atomic E-state index is 0.197. The first kappa shape index (κ1) is 9.97. The molecule has 80 valence electrons. The van der Waals surface area contributed by atoms with Gasteiger partial charge in [-0.3, -0.25) is 4.79 Å². The Morgan fingerprint density at radius 3 is 2.29 bits per heavy atom. The third-order valence-electron chi connectivity index (χ3n) is 3.61. The van der Waals surface area contributed by atoms with E-state index in [0.717, 1.165) is 32.4 Å². The number of hydrogen-bond donors (Lipinski definition) is 1. The zero-order chi connectivity index (χ0) is 9.97. The van der Waals surface area contributed by atoms with Gasteiger partial charge in [-0.2, -0.15) is 0 Å². The van der Waals surface area contributed by atoms with Crippen molar-refractivity contribution in [2.75, 3.05) is 13.1 Å². The van der Waals surface area contributed by atoms with Crippen molar-refractivity contribution in [1.82, 2.24) is 4.90 Å². The molecular weight excluding hydrogens is 176 g/mol. The maximum atomic E-state index is 11.8. The molecule has 1 saturated heterocycles. The van der Waals surface area contributed by atoms with E-state index >= 15 is 0 Å². The van der Waals surface area contributed by atoms with Gasteiger partial charge in [0, 0.05) is 13.1 Å². The van der Waals surface area contributed by atoms with E-state index in [1.807, 2.05) is 4.90 Å². The van der Waals surface area contributed by atoms with Gasteiger partial charge in [0.05, 0.1) is 6.04 Å². The second kappa shape index (κ2) is 4.30. The molecule has 1 atom stereocenters. The number of nitrogens with two attached hydrogens (primary N) is 1. The quantitative estimate of drug-likeness (QED) is 0.719. The summed E-state index contributed by atoms with van der Waals surface area (Å²) >= 11 is 0. The molecule has 1 amide bonds. The SMILES string of the molecule is N[C@H](C(=O)N1CCC1)C1CCCCC1. The van der Waals surface area contributed by atoms with Gasteiger partial charge in [0.2, 0.25) is 5.91 Å². The highest BCUT2D eigenvalue weighted by Crippen LogP contribution is 2.26. The van der Waals surface area contributed by atoms with E-state index in [9.17, 15) is 4.79 Å². The Morgan fingerprint density at radius 1 is 1.14 bits per heavy atom. The van der Waals surface area contributed by atoms with E-state index in [4.69, 9.17) is 5.73 Å². The molecule has 2 fully saturated rings. The fourth-order valence-corrected chi connectivity index (χ4v) is 2.44. The normalized spacial score (nSPS) is 25.6. The highest BCUT2D eigenvalue weighted by Gasteiger charge is 2.31. The molecule has 0 aromatic heterocycles. The first-order valence-corrected chi connectivity index (χ1v) is 5.83. The Morgan fingerprint density at radius 2 is 1.79 bits per heavy atom. The minimum atomic E-state index is -0.212. The summed E-state index contributed by atoms with van der Waals surface area (Å²) in [5, 5.41) is 0. The van der Waals surface area contributed by atoms with Crippen molar-refractivity contribution >= 4 is 5.91 Å². The average molecular weight is 196 g/mol. The van der Waals surface area contributed by atoms with Crippen LogP contribution in [0.2, 0.25) is 0 Å². The van der Waals surface area contributed by atoms with Gasteiger partial charge in [0.1, 0.15) is 0 Å². The zero-order valence-corrected chi connectivity index (χ0v) is 8.74. The van der Waals surface area contributed by atoms with Gasteiger partial charge in [0.15, 0.2) is 0 Å². The van der Waals surface area contributed by atoms with E-state index in [0.29, 0.717) is 5.92 Å². The largest absolute Gasteiger partial charge is 0.341 e. The fraction of sp³-hybridized carbons (Fsp3) is 0.909. The fourth-order valence-electron chi connectivity index (χ4n) is 2.44. The van der Waals surface area contributed by atoms with Crippen LogP contribution in [0.5, 0.6) is 0 Å². The lowest BCUT2D eigenvalue weighted by Crippen LogP contribution is -2.52. The highest BCUT2D eigenvalue weighted by molar-refractivity contribution is 5.82. The van der Waals surface area contributed by atoms with Crippen LogP contribution in [0.15, 0.2) is 0 Å². The van der Waals surface area contributed by atoms with Crippen LogP contribution in [-0.2, 0) is 4.79 Å². The zero-order valence-electron chi connectivity index (χ0n) is 8.74. The molecule has 3 nitrogen and oxygen atoms in total. The van der Waals surface area contributed by atoms with Crippen molar-refractivity contribution in [3.05, 3.63) is 0 Å². The van der Waals surface area contributed by atoms with Crippen LogP contribution >= 0.6 is 0 Å². The molecule has 0 unspecified atom stereocenters. The van der Waals surface area contributed by atoms with E-state index < -0.39 is 0 Å². The Bertz CT molecular complexity index is 207. The third kappa shape index (κ3) is 1.92. The Labute approximate surface area is 85.6 Å². The molecule has 1 heterocycles. The molecule has 1 aliphatic heterocycles. The molecule has 3 heteroatoms. The van der Waals surface area contributed by atoms with Crippen molar-refractivity contribution in [3.8, 4) is 0 Å². The van der Waals surface area contributed by atoms with Crippen molar-refractivity contribution in [2.24, 2.45) is 11.7 Å². The lowest BCUT2D eigenvalue weighted by Gasteiger charge is -2.36. The number of amides is 1. The number of carbonyl (C=O) groups is 1. The van der Waals surface area contributed by atoms with Gasteiger partial charge in [-0.1, -0.05) is 19.3 Å². The second-order valence-corrected chi connectivity index (χ2v) is 4.60. The van der Waals surface area contributed by atoms with Crippen molar-refractivity contribution in [3.63, 3.8) is 0 Å².